The Kier molecular flexibility index (Phi) is 4.83. The van der Waals surface area contributed by atoms with Gasteiger partial charge in [-0.1, -0.05) is 41.0 Å². The van der Waals surface area contributed by atoms with Crippen molar-refractivity contribution in [2.75, 3.05) is 0 Å². The molecule has 0 spiro atoms. The van der Waals surface area contributed by atoms with E-state index in [0.717, 1.165) is 24.2 Å². The van der Waals surface area contributed by atoms with Crippen LogP contribution in [0.2, 0.25) is 0 Å². The lowest BCUT2D eigenvalue weighted by Gasteiger charge is -2.72. The zero-order valence-electron chi connectivity index (χ0n) is 21.1. The highest BCUT2D eigenvalue weighted by atomic mass is 16.5. The molecular formula is C28H47NO2. The molecule has 0 amide bonds. The number of hydrogen-bond acceptors (Lipinski definition) is 3. The first-order valence-corrected chi connectivity index (χ1v) is 13.3. The molecule has 5 fully saturated rings. The van der Waals surface area contributed by atoms with Crippen LogP contribution in [0, 0.1) is 45.3 Å². The Morgan fingerprint density at radius 3 is 2.23 bits per heavy atom. The van der Waals surface area contributed by atoms with Gasteiger partial charge in [0, 0.05) is 17.9 Å². The van der Waals surface area contributed by atoms with Gasteiger partial charge in [0.25, 0.3) is 0 Å². The van der Waals surface area contributed by atoms with E-state index in [1.165, 1.54) is 64.2 Å². The van der Waals surface area contributed by atoms with E-state index in [1.807, 2.05) is 0 Å². The number of carbonyl (C=O) groups excluding carboxylic acids is 1. The maximum Gasteiger partial charge on any atom is 0.302 e. The summed E-state index contributed by atoms with van der Waals surface area (Å²) >= 11 is 0. The van der Waals surface area contributed by atoms with Crippen LogP contribution in [0.25, 0.3) is 0 Å². The van der Waals surface area contributed by atoms with Gasteiger partial charge in [-0.2, -0.15) is 0 Å². The highest BCUT2D eigenvalue weighted by Gasteiger charge is 2.69. The van der Waals surface area contributed by atoms with E-state index in [9.17, 15) is 4.79 Å². The van der Waals surface area contributed by atoms with E-state index in [0.29, 0.717) is 22.2 Å². The Morgan fingerprint density at radius 2 is 1.52 bits per heavy atom. The second kappa shape index (κ2) is 6.73. The van der Waals surface area contributed by atoms with E-state index in [1.54, 1.807) is 6.92 Å². The van der Waals surface area contributed by atoms with Crippen molar-refractivity contribution < 1.29 is 9.53 Å². The number of ether oxygens (including phenoxy) is 1. The van der Waals surface area contributed by atoms with Crippen LogP contribution in [0.4, 0.5) is 0 Å². The monoisotopic (exact) mass is 429 g/mol. The summed E-state index contributed by atoms with van der Waals surface area (Å²) in [5.41, 5.74) is 8.41. The van der Waals surface area contributed by atoms with Gasteiger partial charge in [-0.25, -0.2) is 0 Å². The third-order valence-corrected chi connectivity index (χ3v) is 12.7. The molecule has 31 heavy (non-hydrogen) atoms. The first kappa shape index (κ1) is 22.2. The van der Waals surface area contributed by atoms with Crippen LogP contribution in [0.5, 0.6) is 0 Å². The number of fused-ring (bicyclic) bond motifs is 7. The number of esters is 1. The van der Waals surface area contributed by atoms with E-state index >= 15 is 0 Å². The molecule has 0 aromatic rings. The first-order valence-electron chi connectivity index (χ1n) is 13.3. The second-order valence-electron chi connectivity index (χ2n) is 13.9. The molecule has 9 atom stereocenters. The summed E-state index contributed by atoms with van der Waals surface area (Å²) < 4.78 is 5.87. The Labute approximate surface area is 190 Å². The fraction of sp³-hybridized carbons (Fsp3) is 0.964. The third-order valence-electron chi connectivity index (χ3n) is 12.7. The van der Waals surface area contributed by atoms with Crippen molar-refractivity contribution in [2.45, 2.75) is 124 Å². The molecule has 0 radical (unpaired) electrons. The molecule has 0 aromatic heterocycles. The van der Waals surface area contributed by atoms with Crippen LogP contribution in [0.3, 0.4) is 0 Å². The minimum absolute atomic E-state index is 0.0577. The summed E-state index contributed by atoms with van der Waals surface area (Å²) in [4.78, 5) is 11.8. The zero-order chi connectivity index (χ0) is 22.4. The summed E-state index contributed by atoms with van der Waals surface area (Å²) in [5.74, 6) is 2.88. The number of hydrogen-bond donors (Lipinski definition) is 1. The molecule has 176 valence electrons. The standard InChI is InChI=1S/C28H47NO2/c1-18(30)31-23-12-14-25(4)21(24(23,2)3)11-15-27(6)22(25)10-9-19-20-8-7-13-28(20,29)17-16-26(19,27)5/h19-23H,7-17,29H2,1-6H3/t19-,20-,21+,22-,23+,25+,26-,27-,28+/m1/s1. The lowest BCUT2D eigenvalue weighted by atomic mass is 9.33. The summed E-state index contributed by atoms with van der Waals surface area (Å²) in [7, 11) is 0. The predicted octanol–water partition coefficient (Wildman–Crippen LogP) is 6.48. The van der Waals surface area contributed by atoms with Gasteiger partial charge in [0.15, 0.2) is 0 Å². The zero-order valence-corrected chi connectivity index (χ0v) is 21.1. The molecule has 0 aromatic carbocycles. The topological polar surface area (TPSA) is 52.3 Å². The predicted molar refractivity (Wildman–Crippen MR) is 125 cm³/mol. The fourth-order valence-electron chi connectivity index (χ4n) is 11.0. The smallest absolute Gasteiger partial charge is 0.302 e. The lowest BCUT2D eigenvalue weighted by Crippen LogP contribution is -2.67. The average molecular weight is 430 g/mol. The third kappa shape index (κ3) is 2.77. The molecule has 5 saturated carbocycles. The summed E-state index contributed by atoms with van der Waals surface area (Å²) in [6, 6.07) is 0. The number of nitrogens with two attached hydrogens (primary N) is 1. The average Bonchev–Trinajstić information content (AvgIpc) is 3.06. The van der Waals surface area contributed by atoms with Gasteiger partial charge in [0.05, 0.1) is 0 Å². The van der Waals surface area contributed by atoms with Crippen molar-refractivity contribution in [1.29, 1.82) is 0 Å². The van der Waals surface area contributed by atoms with Crippen LogP contribution in [-0.2, 0) is 9.53 Å². The fourth-order valence-corrected chi connectivity index (χ4v) is 11.0. The molecule has 0 saturated heterocycles. The number of carbonyl (C=O) groups is 1. The molecule has 0 unspecified atom stereocenters. The van der Waals surface area contributed by atoms with Gasteiger partial charge in [-0.05, 0) is 104 Å². The Morgan fingerprint density at radius 1 is 0.774 bits per heavy atom. The highest BCUT2D eigenvalue weighted by molar-refractivity contribution is 5.66. The van der Waals surface area contributed by atoms with Gasteiger partial charge in [-0.3, -0.25) is 4.79 Å². The molecule has 2 N–H and O–H groups in total. The summed E-state index contributed by atoms with van der Waals surface area (Å²) in [6.07, 6.45) is 14.3. The Hall–Kier alpha value is -0.570. The summed E-state index contributed by atoms with van der Waals surface area (Å²) in [5, 5.41) is 0. The van der Waals surface area contributed by atoms with Gasteiger partial charge in [0.2, 0.25) is 0 Å². The second-order valence-corrected chi connectivity index (χ2v) is 13.9. The molecule has 3 nitrogen and oxygen atoms in total. The van der Waals surface area contributed by atoms with Gasteiger partial charge in [-0.15, -0.1) is 0 Å². The normalized spacial score (nSPS) is 55.4. The van der Waals surface area contributed by atoms with Crippen molar-refractivity contribution in [3.63, 3.8) is 0 Å². The molecule has 3 heteroatoms. The van der Waals surface area contributed by atoms with Gasteiger partial charge in [0.1, 0.15) is 6.10 Å². The number of rotatable bonds is 1. The first-order chi connectivity index (χ1) is 14.4. The Balaban J connectivity index is 1.48. The summed E-state index contributed by atoms with van der Waals surface area (Å²) in [6.45, 7) is 14.4. The molecule has 5 aliphatic rings. The van der Waals surface area contributed by atoms with Crippen LogP contribution < -0.4 is 5.73 Å². The Bertz CT molecular complexity index is 762. The quantitative estimate of drug-likeness (QED) is 0.485. The molecular weight excluding hydrogens is 382 g/mol. The van der Waals surface area contributed by atoms with Gasteiger partial charge < -0.3 is 10.5 Å². The van der Waals surface area contributed by atoms with Crippen LogP contribution in [-0.4, -0.2) is 17.6 Å². The van der Waals surface area contributed by atoms with E-state index in [4.69, 9.17) is 10.5 Å². The highest BCUT2D eigenvalue weighted by Crippen LogP contribution is 2.75. The van der Waals surface area contributed by atoms with E-state index < -0.39 is 0 Å². The lowest BCUT2D eigenvalue weighted by molar-refractivity contribution is -0.243. The van der Waals surface area contributed by atoms with Crippen LogP contribution in [0.15, 0.2) is 0 Å². The maximum absolute atomic E-state index is 11.8. The molecule has 0 heterocycles. The van der Waals surface area contributed by atoms with Crippen molar-refractivity contribution in [1.82, 2.24) is 0 Å². The van der Waals surface area contributed by atoms with E-state index in [-0.39, 0.29) is 23.0 Å². The molecule has 0 bridgehead atoms. The van der Waals surface area contributed by atoms with Crippen LogP contribution in [0.1, 0.15) is 112 Å². The largest absolute Gasteiger partial charge is 0.462 e. The molecule has 5 rings (SSSR count). The van der Waals surface area contributed by atoms with Crippen molar-refractivity contribution in [3.8, 4) is 0 Å². The molecule has 0 aliphatic heterocycles. The SMILES string of the molecule is CC(=O)O[C@H]1CC[C@]2(C)[C@H]3CC[C@@H]4[C@H]5CCC[C@]5(N)CC[C@@]4(C)[C@]3(C)CC[C@H]2C1(C)C. The minimum atomic E-state index is -0.112. The van der Waals surface area contributed by atoms with Crippen molar-refractivity contribution in [2.24, 2.45) is 51.1 Å². The van der Waals surface area contributed by atoms with Gasteiger partial charge >= 0.3 is 5.97 Å². The minimum Gasteiger partial charge on any atom is -0.462 e. The maximum atomic E-state index is 11.8. The van der Waals surface area contributed by atoms with Crippen molar-refractivity contribution in [3.05, 3.63) is 0 Å². The molecule has 5 aliphatic carbocycles. The van der Waals surface area contributed by atoms with Crippen LogP contribution >= 0.6 is 0 Å². The van der Waals surface area contributed by atoms with Crippen molar-refractivity contribution >= 4 is 5.97 Å². The van der Waals surface area contributed by atoms with E-state index in [2.05, 4.69) is 34.6 Å².